The summed E-state index contributed by atoms with van der Waals surface area (Å²) >= 11 is 6.99. The number of halogens is 2. The van der Waals surface area contributed by atoms with Crippen LogP contribution in [0.5, 0.6) is 5.88 Å². The number of likely N-dealkylation sites (tertiary alicyclic amines) is 1. The van der Waals surface area contributed by atoms with Crippen molar-refractivity contribution in [2.75, 3.05) is 38.6 Å². The average molecular weight is 532 g/mol. The number of benzene rings is 1. The summed E-state index contributed by atoms with van der Waals surface area (Å²) in [6.45, 7) is 4.00. The fourth-order valence-corrected chi connectivity index (χ4v) is 6.47. The fraction of sp³-hybridized carbons (Fsp3) is 0.500. The van der Waals surface area contributed by atoms with Gasteiger partial charge in [0.1, 0.15) is 11.3 Å². The van der Waals surface area contributed by atoms with Gasteiger partial charge in [-0.1, -0.05) is 12.1 Å². The standard InChI is InChI=1S/C26H31ClFN5O4/c1-3-37-25-18(5-4-10-29-25)22-23(21-17-7-6-15(28)13-19(17)30-24(21)34)32(26(35)36)14-20(27)33(22)16-8-11-31(2)12-9-16/h4-7,10,13,16,20-23H,3,8-9,11-12,14H2,1-2H3,(H,30,34)(H,35,36). The van der Waals surface area contributed by atoms with Gasteiger partial charge in [0.05, 0.1) is 31.2 Å². The zero-order chi connectivity index (χ0) is 26.3. The number of piperazine rings is 1. The van der Waals surface area contributed by atoms with Gasteiger partial charge in [-0.05, 0) is 63.7 Å². The lowest BCUT2D eigenvalue weighted by Gasteiger charge is -2.54. The molecular formula is C26H31ClFN5O4. The summed E-state index contributed by atoms with van der Waals surface area (Å²) < 4.78 is 19.9. The molecule has 198 valence electrons. The maximum atomic E-state index is 14.0. The monoisotopic (exact) mass is 531 g/mol. The number of alkyl halides is 1. The zero-order valence-electron chi connectivity index (χ0n) is 20.8. The van der Waals surface area contributed by atoms with Crippen molar-refractivity contribution in [3.8, 4) is 5.88 Å². The first-order chi connectivity index (χ1) is 17.8. The van der Waals surface area contributed by atoms with E-state index in [0.29, 0.717) is 29.3 Å². The predicted molar refractivity (Wildman–Crippen MR) is 136 cm³/mol. The van der Waals surface area contributed by atoms with Gasteiger partial charge in [0.2, 0.25) is 11.8 Å². The van der Waals surface area contributed by atoms with Crippen LogP contribution in [0.3, 0.4) is 0 Å². The van der Waals surface area contributed by atoms with Gasteiger partial charge in [0.25, 0.3) is 0 Å². The molecular weight excluding hydrogens is 501 g/mol. The fourth-order valence-electron chi connectivity index (χ4n) is 6.05. The molecule has 4 atom stereocenters. The van der Waals surface area contributed by atoms with Crippen molar-refractivity contribution in [2.45, 2.75) is 49.3 Å². The Morgan fingerprint density at radius 2 is 2.03 bits per heavy atom. The van der Waals surface area contributed by atoms with Crippen molar-refractivity contribution in [3.05, 3.63) is 53.5 Å². The van der Waals surface area contributed by atoms with Gasteiger partial charge in [-0.15, -0.1) is 11.6 Å². The predicted octanol–water partition coefficient (Wildman–Crippen LogP) is 3.72. The summed E-state index contributed by atoms with van der Waals surface area (Å²) in [5.74, 6) is -1.34. The quantitative estimate of drug-likeness (QED) is 0.448. The number of rotatable bonds is 5. The molecule has 4 heterocycles. The second-order valence-corrected chi connectivity index (χ2v) is 10.3. The molecule has 2 aromatic rings. The Morgan fingerprint density at radius 1 is 1.27 bits per heavy atom. The van der Waals surface area contributed by atoms with Crippen LogP contribution in [-0.2, 0) is 4.79 Å². The highest BCUT2D eigenvalue weighted by atomic mass is 35.5. The molecule has 3 aliphatic heterocycles. The molecule has 0 spiro atoms. The molecule has 2 fully saturated rings. The maximum absolute atomic E-state index is 14.0. The number of carbonyl (C=O) groups excluding carboxylic acids is 1. The summed E-state index contributed by atoms with van der Waals surface area (Å²) in [7, 11) is 2.07. The molecule has 37 heavy (non-hydrogen) atoms. The van der Waals surface area contributed by atoms with Gasteiger partial charge in [0, 0.05) is 23.5 Å². The number of amides is 2. The van der Waals surface area contributed by atoms with E-state index >= 15 is 0 Å². The summed E-state index contributed by atoms with van der Waals surface area (Å²) in [6.07, 6.45) is 2.14. The summed E-state index contributed by atoms with van der Waals surface area (Å²) in [5, 5.41) is 13.1. The molecule has 5 rings (SSSR count). The summed E-state index contributed by atoms with van der Waals surface area (Å²) in [5.41, 5.74) is 0.964. The van der Waals surface area contributed by atoms with E-state index in [1.54, 1.807) is 18.3 Å². The van der Waals surface area contributed by atoms with Crippen LogP contribution in [0.4, 0.5) is 14.9 Å². The lowest BCUT2D eigenvalue weighted by molar-refractivity contribution is -0.121. The molecule has 4 unspecified atom stereocenters. The number of fused-ring (bicyclic) bond motifs is 1. The molecule has 0 bridgehead atoms. The second kappa shape index (κ2) is 10.4. The third kappa shape index (κ3) is 4.73. The van der Waals surface area contributed by atoms with E-state index in [-0.39, 0.29) is 18.5 Å². The van der Waals surface area contributed by atoms with Crippen LogP contribution in [-0.4, -0.2) is 87.7 Å². The maximum Gasteiger partial charge on any atom is 0.407 e. The number of carbonyl (C=O) groups is 2. The molecule has 0 aliphatic carbocycles. The molecule has 0 saturated carbocycles. The SMILES string of the molecule is CCOc1ncccc1C1C(C2C(=O)Nc3cc(F)ccc32)N(C(=O)O)CC(Cl)N1C1CCN(C)CC1. The van der Waals surface area contributed by atoms with E-state index in [1.165, 1.54) is 17.0 Å². The van der Waals surface area contributed by atoms with Gasteiger partial charge in [-0.3, -0.25) is 14.6 Å². The van der Waals surface area contributed by atoms with E-state index < -0.39 is 35.4 Å². The molecule has 1 aromatic heterocycles. The molecule has 2 amide bonds. The number of ether oxygens (including phenoxy) is 1. The van der Waals surface area contributed by atoms with Gasteiger partial charge in [0.15, 0.2) is 0 Å². The number of anilines is 1. The number of aromatic nitrogens is 1. The van der Waals surface area contributed by atoms with Crippen molar-refractivity contribution < 1.29 is 23.8 Å². The van der Waals surface area contributed by atoms with Crippen LogP contribution in [0.2, 0.25) is 0 Å². The van der Waals surface area contributed by atoms with Crippen LogP contribution in [0.25, 0.3) is 0 Å². The Morgan fingerprint density at radius 3 is 2.73 bits per heavy atom. The lowest BCUT2D eigenvalue weighted by Crippen LogP contribution is -2.64. The highest BCUT2D eigenvalue weighted by molar-refractivity contribution is 6.20. The molecule has 2 N–H and O–H groups in total. The van der Waals surface area contributed by atoms with Crippen molar-refractivity contribution in [1.29, 1.82) is 0 Å². The van der Waals surface area contributed by atoms with Gasteiger partial charge in [-0.2, -0.15) is 0 Å². The topological polar surface area (TPSA) is 98.2 Å². The molecule has 2 saturated heterocycles. The Labute approximate surface area is 220 Å². The number of nitrogens with zero attached hydrogens (tertiary/aromatic N) is 4. The van der Waals surface area contributed by atoms with Crippen LogP contribution in [0.1, 0.15) is 42.9 Å². The number of carboxylic acid groups (broad SMARTS) is 1. The van der Waals surface area contributed by atoms with E-state index in [0.717, 1.165) is 25.9 Å². The van der Waals surface area contributed by atoms with E-state index in [1.807, 2.05) is 13.0 Å². The van der Waals surface area contributed by atoms with Crippen LogP contribution >= 0.6 is 11.6 Å². The minimum Gasteiger partial charge on any atom is -0.478 e. The number of hydrogen-bond acceptors (Lipinski definition) is 6. The molecule has 3 aliphatic rings. The first-order valence-electron chi connectivity index (χ1n) is 12.6. The van der Waals surface area contributed by atoms with Gasteiger partial charge in [-0.25, -0.2) is 14.2 Å². The Hall–Kier alpha value is -2.95. The smallest absolute Gasteiger partial charge is 0.407 e. The van der Waals surface area contributed by atoms with Gasteiger partial charge < -0.3 is 20.1 Å². The minimum atomic E-state index is -1.17. The van der Waals surface area contributed by atoms with Crippen molar-refractivity contribution >= 4 is 29.3 Å². The van der Waals surface area contributed by atoms with Crippen LogP contribution in [0, 0.1) is 5.82 Å². The van der Waals surface area contributed by atoms with Crippen molar-refractivity contribution in [3.63, 3.8) is 0 Å². The van der Waals surface area contributed by atoms with Crippen molar-refractivity contribution in [1.82, 2.24) is 19.7 Å². The number of hydrogen-bond donors (Lipinski definition) is 2. The highest BCUT2D eigenvalue weighted by Gasteiger charge is 2.54. The van der Waals surface area contributed by atoms with Gasteiger partial charge >= 0.3 is 6.09 Å². The Bertz CT molecular complexity index is 1180. The molecule has 9 nitrogen and oxygen atoms in total. The number of pyridine rings is 1. The third-order valence-electron chi connectivity index (χ3n) is 7.66. The third-order valence-corrected chi connectivity index (χ3v) is 8.03. The first-order valence-corrected chi connectivity index (χ1v) is 13.0. The molecule has 1 aromatic carbocycles. The van der Waals surface area contributed by atoms with E-state index in [9.17, 15) is 19.1 Å². The summed E-state index contributed by atoms with van der Waals surface area (Å²) in [6, 6.07) is 6.37. The average Bonchev–Trinajstić information content (AvgIpc) is 3.19. The second-order valence-electron chi connectivity index (χ2n) is 9.82. The number of piperidine rings is 1. The highest BCUT2D eigenvalue weighted by Crippen LogP contribution is 2.49. The number of nitrogens with one attached hydrogen (secondary N) is 1. The largest absolute Gasteiger partial charge is 0.478 e. The normalized spacial score (nSPS) is 27.1. The first kappa shape index (κ1) is 25.7. The van der Waals surface area contributed by atoms with Crippen LogP contribution < -0.4 is 10.1 Å². The molecule has 0 radical (unpaired) electrons. The minimum absolute atomic E-state index is 0.0228. The Balaban J connectivity index is 1.69. The van der Waals surface area contributed by atoms with E-state index in [4.69, 9.17) is 16.3 Å². The van der Waals surface area contributed by atoms with E-state index in [2.05, 4.69) is 27.1 Å². The van der Waals surface area contributed by atoms with Crippen molar-refractivity contribution in [2.24, 2.45) is 0 Å². The molecule has 11 heteroatoms. The zero-order valence-corrected chi connectivity index (χ0v) is 21.6. The van der Waals surface area contributed by atoms with Crippen LogP contribution in [0.15, 0.2) is 36.5 Å². The summed E-state index contributed by atoms with van der Waals surface area (Å²) in [4.78, 5) is 36.2. The lowest BCUT2D eigenvalue weighted by atomic mass is 9.80. The Kier molecular flexibility index (Phi) is 7.24.